The van der Waals surface area contributed by atoms with Gasteiger partial charge in [0.1, 0.15) is 5.82 Å². The number of carbonyl (C=O) groups excluding carboxylic acids is 2. The molecule has 7 nitrogen and oxygen atoms in total. The molecule has 0 fully saturated rings. The van der Waals surface area contributed by atoms with Crippen molar-refractivity contribution in [1.82, 2.24) is 14.8 Å². The third kappa shape index (κ3) is 4.82. The summed E-state index contributed by atoms with van der Waals surface area (Å²) in [4.78, 5) is 23.4. The molecular weight excluding hydrogens is 338 g/mol. The van der Waals surface area contributed by atoms with Crippen LogP contribution in [0.2, 0.25) is 0 Å². The van der Waals surface area contributed by atoms with Crippen LogP contribution in [-0.2, 0) is 23.1 Å². The van der Waals surface area contributed by atoms with E-state index in [1.807, 2.05) is 46.0 Å². The number of aryl methyl sites for hydroxylation is 3. The Labute approximate surface area is 151 Å². The summed E-state index contributed by atoms with van der Waals surface area (Å²) in [5.74, 6) is 0.200. The normalized spacial score (nSPS) is 12.0. The van der Waals surface area contributed by atoms with E-state index in [1.165, 1.54) is 11.8 Å². The Morgan fingerprint density at radius 3 is 2.52 bits per heavy atom. The highest BCUT2D eigenvalue weighted by Gasteiger charge is 2.20. The molecule has 0 unspecified atom stereocenters. The van der Waals surface area contributed by atoms with E-state index >= 15 is 0 Å². The van der Waals surface area contributed by atoms with Crippen molar-refractivity contribution in [2.45, 2.75) is 44.0 Å². The van der Waals surface area contributed by atoms with Crippen LogP contribution >= 0.6 is 11.8 Å². The summed E-state index contributed by atoms with van der Waals surface area (Å²) in [6.07, 6.45) is 0.654. The van der Waals surface area contributed by atoms with E-state index in [9.17, 15) is 9.59 Å². The van der Waals surface area contributed by atoms with Gasteiger partial charge in [0, 0.05) is 25.6 Å². The van der Waals surface area contributed by atoms with Crippen LogP contribution in [0.15, 0.2) is 23.4 Å². The van der Waals surface area contributed by atoms with Crippen molar-refractivity contribution < 1.29 is 9.59 Å². The number of benzene rings is 1. The Bertz CT molecular complexity index is 767. The SMILES string of the molecule is Cc1cccc(C)c1NC(=O)[C@@H](C)Sc1nnc(CCC(N)=O)n1C. The Kier molecular flexibility index (Phi) is 6.19. The first kappa shape index (κ1) is 19.0. The van der Waals surface area contributed by atoms with Crippen LogP contribution in [0.3, 0.4) is 0 Å². The molecule has 1 aromatic heterocycles. The number of anilines is 1. The zero-order valence-corrected chi connectivity index (χ0v) is 15.7. The second-order valence-corrected chi connectivity index (χ2v) is 7.25. The second-order valence-electron chi connectivity index (χ2n) is 5.94. The molecule has 2 aromatic rings. The molecule has 0 saturated carbocycles. The number of nitrogens with zero attached hydrogens (tertiary/aromatic N) is 3. The van der Waals surface area contributed by atoms with E-state index in [0.717, 1.165) is 16.8 Å². The summed E-state index contributed by atoms with van der Waals surface area (Å²) >= 11 is 1.33. The van der Waals surface area contributed by atoms with Gasteiger partial charge in [0.2, 0.25) is 11.8 Å². The summed E-state index contributed by atoms with van der Waals surface area (Å²) in [7, 11) is 1.81. The molecule has 3 N–H and O–H groups in total. The first-order valence-corrected chi connectivity index (χ1v) is 8.88. The lowest BCUT2D eigenvalue weighted by Crippen LogP contribution is -2.23. The summed E-state index contributed by atoms with van der Waals surface area (Å²) in [6, 6.07) is 5.90. The van der Waals surface area contributed by atoms with Gasteiger partial charge in [-0.15, -0.1) is 10.2 Å². The Morgan fingerprint density at radius 2 is 1.92 bits per heavy atom. The molecule has 134 valence electrons. The van der Waals surface area contributed by atoms with Gasteiger partial charge in [-0.05, 0) is 31.9 Å². The van der Waals surface area contributed by atoms with Gasteiger partial charge in [-0.3, -0.25) is 9.59 Å². The predicted molar refractivity (Wildman–Crippen MR) is 98.4 cm³/mol. The predicted octanol–water partition coefficient (Wildman–Crippen LogP) is 1.97. The number of amides is 2. The maximum atomic E-state index is 12.5. The van der Waals surface area contributed by atoms with Gasteiger partial charge in [-0.2, -0.15) is 0 Å². The quantitative estimate of drug-likeness (QED) is 0.734. The third-order valence-electron chi connectivity index (χ3n) is 3.90. The lowest BCUT2D eigenvalue weighted by Gasteiger charge is -2.15. The molecular formula is C17H23N5O2S. The first-order chi connectivity index (χ1) is 11.8. The highest BCUT2D eigenvalue weighted by atomic mass is 32.2. The minimum absolute atomic E-state index is 0.0934. The van der Waals surface area contributed by atoms with Crippen LogP contribution in [0.5, 0.6) is 0 Å². The third-order valence-corrected chi connectivity index (χ3v) is 5.03. The summed E-state index contributed by atoms with van der Waals surface area (Å²) in [5, 5.41) is 11.4. The standard InChI is InChI=1S/C17H23N5O2S/c1-10-6-5-7-11(2)15(10)19-16(24)12(3)25-17-21-20-14(22(17)4)9-8-13(18)23/h5-7,12H,8-9H2,1-4H3,(H2,18,23)(H,19,24)/t12-/m1/s1. The van der Waals surface area contributed by atoms with Crippen LogP contribution in [-0.4, -0.2) is 31.8 Å². The molecule has 8 heteroatoms. The monoisotopic (exact) mass is 361 g/mol. The van der Waals surface area contributed by atoms with Crippen LogP contribution in [0.4, 0.5) is 5.69 Å². The van der Waals surface area contributed by atoms with Crippen molar-refractivity contribution in [2.75, 3.05) is 5.32 Å². The number of para-hydroxylation sites is 1. The number of thioether (sulfide) groups is 1. The Balaban J connectivity index is 2.03. The van der Waals surface area contributed by atoms with Gasteiger partial charge in [0.25, 0.3) is 0 Å². The fourth-order valence-electron chi connectivity index (χ4n) is 2.35. The van der Waals surface area contributed by atoms with Crippen LogP contribution in [0.25, 0.3) is 0 Å². The summed E-state index contributed by atoms with van der Waals surface area (Å²) in [5.41, 5.74) is 8.06. The van der Waals surface area contributed by atoms with Crippen molar-refractivity contribution >= 4 is 29.3 Å². The zero-order chi connectivity index (χ0) is 18.6. The smallest absolute Gasteiger partial charge is 0.237 e. The van der Waals surface area contributed by atoms with Crippen molar-refractivity contribution in [3.8, 4) is 0 Å². The van der Waals surface area contributed by atoms with Gasteiger partial charge in [0.05, 0.1) is 5.25 Å². The van der Waals surface area contributed by atoms with E-state index in [-0.39, 0.29) is 23.5 Å². The number of hydrogen-bond donors (Lipinski definition) is 2. The van der Waals surface area contributed by atoms with Crippen LogP contribution < -0.4 is 11.1 Å². The lowest BCUT2D eigenvalue weighted by molar-refractivity contribution is -0.118. The fourth-order valence-corrected chi connectivity index (χ4v) is 3.18. The minimum Gasteiger partial charge on any atom is -0.370 e. The number of nitrogens with two attached hydrogens (primary N) is 1. The first-order valence-electron chi connectivity index (χ1n) is 8.00. The van der Waals surface area contributed by atoms with Gasteiger partial charge < -0.3 is 15.6 Å². The van der Waals surface area contributed by atoms with E-state index in [2.05, 4.69) is 15.5 Å². The van der Waals surface area contributed by atoms with E-state index in [0.29, 0.717) is 17.4 Å². The molecule has 0 bridgehead atoms. The average molecular weight is 361 g/mol. The molecule has 2 amide bonds. The van der Waals surface area contributed by atoms with E-state index in [4.69, 9.17) is 5.73 Å². The number of hydrogen-bond acceptors (Lipinski definition) is 5. The molecule has 2 rings (SSSR count). The topological polar surface area (TPSA) is 103 Å². The number of carbonyl (C=O) groups is 2. The van der Waals surface area contributed by atoms with Gasteiger partial charge in [-0.1, -0.05) is 30.0 Å². The van der Waals surface area contributed by atoms with Crippen molar-refractivity contribution in [2.24, 2.45) is 12.8 Å². The molecule has 25 heavy (non-hydrogen) atoms. The van der Waals surface area contributed by atoms with E-state index < -0.39 is 0 Å². The average Bonchev–Trinajstić information content (AvgIpc) is 2.89. The fraction of sp³-hybridized carbons (Fsp3) is 0.412. The number of rotatable bonds is 7. The second kappa shape index (κ2) is 8.15. The lowest BCUT2D eigenvalue weighted by atomic mass is 10.1. The van der Waals surface area contributed by atoms with Crippen molar-refractivity contribution in [1.29, 1.82) is 0 Å². The maximum Gasteiger partial charge on any atom is 0.237 e. The Hall–Kier alpha value is -2.35. The minimum atomic E-state index is -0.376. The van der Waals surface area contributed by atoms with Gasteiger partial charge in [0.15, 0.2) is 5.16 Å². The molecule has 0 aliphatic heterocycles. The maximum absolute atomic E-state index is 12.5. The van der Waals surface area contributed by atoms with Crippen molar-refractivity contribution in [3.05, 3.63) is 35.2 Å². The molecule has 1 aromatic carbocycles. The largest absolute Gasteiger partial charge is 0.370 e. The summed E-state index contributed by atoms with van der Waals surface area (Å²) in [6.45, 7) is 5.76. The van der Waals surface area contributed by atoms with E-state index in [1.54, 1.807) is 4.57 Å². The molecule has 0 aliphatic carbocycles. The molecule has 0 spiro atoms. The van der Waals surface area contributed by atoms with Crippen molar-refractivity contribution in [3.63, 3.8) is 0 Å². The van der Waals surface area contributed by atoms with Gasteiger partial charge in [-0.25, -0.2) is 0 Å². The zero-order valence-electron chi connectivity index (χ0n) is 14.9. The summed E-state index contributed by atoms with van der Waals surface area (Å²) < 4.78 is 1.79. The number of aromatic nitrogens is 3. The number of primary amides is 1. The van der Waals surface area contributed by atoms with Gasteiger partial charge >= 0.3 is 0 Å². The highest BCUT2D eigenvalue weighted by molar-refractivity contribution is 8.00. The molecule has 1 heterocycles. The molecule has 0 radical (unpaired) electrons. The van der Waals surface area contributed by atoms with Crippen LogP contribution in [0, 0.1) is 13.8 Å². The van der Waals surface area contributed by atoms with Crippen LogP contribution in [0.1, 0.15) is 30.3 Å². The molecule has 0 aliphatic rings. The Morgan fingerprint density at radius 1 is 1.28 bits per heavy atom. The number of nitrogens with one attached hydrogen (secondary N) is 1. The molecule has 1 atom stereocenters. The molecule has 0 saturated heterocycles. The highest BCUT2D eigenvalue weighted by Crippen LogP contribution is 2.25.